The van der Waals surface area contributed by atoms with Gasteiger partial charge in [-0.1, -0.05) is 73.5 Å². The summed E-state index contributed by atoms with van der Waals surface area (Å²) >= 11 is 0. The summed E-state index contributed by atoms with van der Waals surface area (Å²) in [5.41, 5.74) is 5.32. The first-order chi connectivity index (χ1) is 9.96. The van der Waals surface area contributed by atoms with Crippen molar-refractivity contribution in [1.82, 2.24) is 0 Å². The van der Waals surface area contributed by atoms with Crippen molar-refractivity contribution >= 4 is 13.7 Å². The monoisotopic (exact) mass is 298 g/mol. The first-order valence-electron chi connectivity index (χ1n) is 8.61. The minimum Gasteiger partial charge on any atom is -0.479 e. The normalized spacial score (nSPS) is 12.1. The standard InChI is InChI=1S/C10H21BN2O.C4H10.C3H8/c1-3-8(2)6-9(7-11)14-10(13)4-5-12;1-3-4-2;1-3-2/h8-9,13H,3-7,12H2,1-2H3;3-4H2,1-2H3;3H2,1-2H3. The Labute approximate surface area is 135 Å². The molecule has 2 radical (unpaired) electrons. The molecule has 0 heterocycles. The van der Waals surface area contributed by atoms with Crippen LogP contribution < -0.4 is 5.73 Å². The van der Waals surface area contributed by atoms with Crippen LogP contribution in [0.25, 0.3) is 0 Å². The van der Waals surface area contributed by atoms with Gasteiger partial charge in [-0.15, -0.1) is 0 Å². The summed E-state index contributed by atoms with van der Waals surface area (Å²) in [7, 11) is 5.57. The van der Waals surface area contributed by atoms with Crippen LogP contribution in [0.15, 0.2) is 0 Å². The van der Waals surface area contributed by atoms with Gasteiger partial charge in [0, 0.05) is 13.0 Å². The number of hydrogen-bond donors (Lipinski definition) is 2. The molecule has 2 unspecified atom stereocenters. The second-order valence-corrected chi connectivity index (χ2v) is 5.39. The van der Waals surface area contributed by atoms with Crippen LogP contribution in [0.1, 0.15) is 80.1 Å². The molecule has 2 atom stereocenters. The third-order valence-corrected chi connectivity index (χ3v) is 2.81. The smallest absolute Gasteiger partial charge is 0.181 e. The average molecular weight is 298 g/mol. The van der Waals surface area contributed by atoms with Crippen molar-refractivity contribution in [2.45, 2.75) is 92.5 Å². The van der Waals surface area contributed by atoms with Crippen LogP contribution in [0.5, 0.6) is 0 Å². The number of hydrogen-bond acceptors (Lipinski definition) is 3. The summed E-state index contributed by atoms with van der Waals surface area (Å²) in [4.78, 5) is 0. The predicted molar refractivity (Wildman–Crippen MR) is 97.5 cm³/mol. The number of ether oxygens (including phenoxy) is 1. The zero-order valence-corrected chi connectivity index (χ0v) is 15.4. The highest BCUT2D eigenvalue weighted by Crippen LogP contribution is 2.15. The highest BCUT2D eigenvalue weighted by atomic mass is 16.5. The van der Waals surface area contributed by atoms with Crippen LogP contribution in [-0.4, -0.2) is 26.4 Å². The summed E-state index contributed by atoms with van der Waals surface area (Å²) in [5.74, 6) is 0.848. The molecule has 0 bridgehead atoms. The maximum atomic E-state index is 7.47. The maximum Gasteiger partial charge on any atom is 0.181 e. The lowest BCUT2D eigenvalue weighted by Crippen LogP contribution is -2.21. The molecule has 0 saturated carbocycles. The van der Waals surface area contributed by atoms with E-state index in [2.05, 4.69) is 41.5 Å². The lowest BCUT2D eigenvalue weighted by molar-refractivity contribution is 0.169. The van der Waals surface area contributed by atoms with Gasteiger partial charge in [-0.2, -0.15) is 0 Å². The topological polar surface area (TPSA) is 59.1 Å². The van der Waals surface area contributed by atoms with Crippen LogP contribution in [0.2, 0.25) is 6.32 Å². The summed E-state index contributed by atoms with van der Waals surface area (Å²) in [6.07, 6.45) is 6.86. The molecule has 0 aliphatic rings. The van der Waals surface area contributed by atoms with E-state index in [1.807, 2.05) is 0 Å². The van der Waals surface area contributed by atoms with E-state index in [4.69, 9.17) is 23.7 Å². The second kappa shape index (κ2) is 21.8. The van der Waals surface area contributed by atoms with Gasteiger partial charge in [-0.25, -0.2) is 0 Å². The minimum absolute atomic E-state index is 0.0241. The molecular weight excluding hydrogens is 259 g/mol. The van der Waals surface area contributed by atoms with Gasteiger partial charge >= 0.3 is 0 Å². The Morgan fingerprint density at radius 3 is 1.90 bits per heavy atom. The number of nitrogens with two attached hydrogens (primary N) is 1. The van der Waals surface area contributed by atoms with E-state index in [1.165, 1.54) is 19.3 Å². The molecule has 0 spiro atoms. The number of rotatable bonds is 8. The van der Waals surface area contributed by atoms with Gasteiger partial charge in [-0.3, -0.25) is 5.41 Å². The second-order valence-electron chi connectivity index (χ2n) is 5.39. The molecule has 0 amide bonds. The molecule has 0 saturated heterocycles. The van der Waals surface area contributed by atoms with Crippen molar-refractivity contribution in [1.29, 1.82) is 5.41 Å². The summed E-state index contributed by atoms with van der Waals surface area (Å²) in [6, 6.07) is 0. The fourth-order valence-electron chi connectivity index (χ4n) is 1.20. The SMILES string of the molecule is CCC.CCCC.[B]CC(CC(C)CC)OC(=N)CCN. The van der Waals surface area contributed by atoms with Crippen molar-refractivity contribution in [3.05, 3.63) is 0 Å². The van der Waals surface area contributed by atoms with Crippen LogP contribution in [-0.2, 0) is 4.74 Å². The maximum absolute atomic E-state index is 7.47. The fourth-order valence-corrected chi connectivity index (χ4v) is 1.20. The van der Waals surface area contributed by atoms with Gasteiger partial charge in [-0.05, 0) is 12.3 Å². The minimum atomic E-state index is -0.0241. The van der Waals surface area contributed by atoms with E-state index in [1.54, 1.807) is 0 Å². The lowest BCUT2D eigenvalue weighted by atomic mass is 9.91. The Balaban J connectivity index is -0.000000386. The quantitative estimate of drug-likeness (QED) is 0.378. The number of unbranched alkanes of at least 4 members (excludes halogenated alkanes) is 1. The van der Waals surface area contributed by atoms with Crippen LogP contribution >= 0.6 is 0 Å². The molecule has 0 aliphatic carbocycles. The highest BCUT2D eigenvalue weighted by Gasteiger charge is 2.12. The largest absolute Gasteiger partial charge is 0.479 e. The first kappa shape index (κ1) is 25.4. The van der Waals surface area contributed by atoms with Crippen molar-refractivity contribution in [3.63, 3.8) is 0 Å². The predicted octanol–water partition coefficient (Wildman–Crippen LogP) is 4.94. The molecule has 0 aliphatic heterocycles. The summed E-state index contributed by atoms with van der Waals surface area (Å²) < 4.78 is 5.39. The Bertz CT molecular complexity index is 199. The van der Waals surface area contributed by atoms with Crippen LogP contribution in [0.3, 0.4) is 0 Å². The van der Waals surface area contributed by atoms with Crippen molar-refractivity contribution in [2.75, 3.05) is 6.54 Å². The summed E-state index contributed by atoms with van der Waals surface area (Å²) in [5, 5.41) is 7.47. The van der Waals surface area contributed by atoms with E-state index >= 15 is 0 Å². The average Bonchev–Trinajstić information content (AvgIpc) is 2.47. The molecular formula is C17H39BN2O. The fraction of sp³-hybridized carbons (Fsp3) is 0.941. The molecule has 0 fully saturated rings. The van der Waals surface area contributed by atoms with E-state index in [0.717, 1.165) is 12.8 Å². The van der Waals surface area contributed by atoms with Gasteiger partial charge in [0.25, 0.3) is 0 Å². The third-order valence-electron chi connectivity index (χ3n) is 2.81. The number of nitrogens with one attached hydrogen (secondary N) is 1. The Kier molecular flexibility index (Phi) is 26.4. The Morgan fingerprint density at radius 1 is 1.14 bits per heavy atom. The third kappa shape index (κ3) is 24.9. The molecule has 0 aromatic heterocycles. The van der Waals surface area contributed by atoms with Gasteiger partial charge in [0.15, 0.2) is 5.90 Å². The van der Waals surface area contributed by atoms with E-state index in [0.29, 0.717) is 25.2 Å². The molecule has 21 heavy (non-hydrogen) atoms. The summed E-state index contributed by atoms with van der Waals surface area (Å²) in [6.45, 7) is 13.4. The van der Waals surface area contributed by atoms with E-state index in [-0.39, 0.29) is 12.0 Å². The van der Waals surface area contributed by atoms with Gasteiger partial charge in [0.05, 0.1) is 14.0 Å². The van der Waals surface area contributed by atoms with E-state index < -0.39 is 0 Å². The molecule has 0 aromatic carbocycles. The first-order valence-corrected chi connectivity index (χ1v) is 8.61. The van der Waals surface area contributed by atoms with Gasteiger partial charge in [0.1, 0.15) is 0 Å². The lowest BCUT2D eigenvalue weighted by Gasteiger charge is -2.20. The van der Waals surface area contributed by atoms with Crippen molar-refractivity contribution in [2.24, 2.45) is 11.7 Å². The molecule has 0 aromatic rings. The van der Waals surface area contributed by atoms with Crippen molar-refractivity contribution in [3.8, 4) is 0 Å². The Morgan fingerprint density at radius 2 is 1.62 bits per heavy atom. The van der Waals surface area contributed by atoms with E-state index in [9.17, 15) is 0 Å². The molecule has 4 heteroatoms. The van der Waals surface area contributed by atoms with Gasteiger partial charge < -0.3 is 10.5 Å². The van der Waals surface area contributed by atoms with Crippen LogP contribution in [0, 0.1) is 11.3 Å². The molecule has 126 valence electrons. The zero-order chi connectivity index (χ0) is 17.1. The van der Waals surface area contributed by atoms with Crippen LogP contribution in [0.4, 0.5) is 0 Å². The zero-order valence-electron chi connectivity index (χ0n) is 15.4. The van der Waals surface area contributed by atoms with Gasteiger partial charge in [0.2, 0.25) is 0 Å². The molecule has 3 N–H and O–H groups in total. The Hall–Kier alpha value is -0.505. The van der Waals surface area contributed by atoms with Crippen molar-refractivity contribution < 1.29 is 4.74 Å². The highest BCUT2D eigenvalue weighted by molar-refractivity contribution is 6.08. The molecule has 3 nitrogen and oxygen atoms in total. The molecule has 0 rings (SSSR count).